The minimum absolute atomic E-state index is 0.253. The van der Waals surface area contributed by atoms with E-state index in [0.29, 0.717) is 12.8 Å². The van der Waals surface area contributed by atoms with Gasteiger partial charge in [-0.15, -0.1) is 0 Å². The van der Waals surface area contributed by atoms with Gasteiger partial charge in [-0.1, -0.05) is 48.5 Å². The molecule has 2 aliphatic rings. The van der Waals surface area contributed by atoms with Crippen molar-refractivity contribution in [1.29, 1.82) is 0 Å². The SMILES string of the molecule is N[C@@H]1C[C@H](N)[C@@H](OCc2ccc(-c3ccc(CO[C@H]4[C@H](O)[C@@H](O)[C@H](N)C[C@@H]4N)cc3)cc2)[C@H](O)[C@H]1O. The predicted molar refractivity (Wildman–Crippen MR) is 134 cm³/mol. The topological polar surface area (TPSA) is 203 Å². The van der Waals surface area contributed by atoms with E-state index >= 15 is 0 Å². The molecule has 0 heterocycles. The zero-order valence-corrected chi connectivity index (χ0v) is 20.1. The van der Waals surface area contributed by atoms with E-state index < -0.39 is 60.8 Å². The van der Waals surface area contributed by atoms with Gasteiger partial charge in [0.05, 0.1) is 25.4 Å². The van der Waals surface area contributed by atoms with Crippen LogP contribution in [-0.4, -0.2) is 81.2 Å². The number of rotatable bonds is 7. The Morgan fingerprint density at radius 2 is 0.861 bits per heavy atom. The molecule has 2 fully saturated rings. The Hall–Kier alpha value is -1.96. The van der Waals surface area contributed by atoms with Crippen molar-refractivity contribution in [1.82, 2.24) is 0 Å². The number of hydrogen-bond donors (Lipinski definition) is 8. The quantitative estimate of drug-likeness (QED) is 0.224. The molecule has 10 nitrogen and oxygen atoms in total. The third-order valence-corrected chi connectivity index (χ3v) is 7.31. The Labute approximate surface area is 210 Å². The smallest absolute Gasteiger partial charge is 0.109 e. The molecule has 0 aromatic heterocycles. The van der Waals surface area contributed by atoms with Gasteiger partial charge in [0.25, 0.3) is 0 Å². The second kappa shape index (κ2) is 11.6. The molecule has 0 amide bonds. The van der Waals surface area contributed by atoms with E-state index in [4.69, 9.17) is 32.4 Å². The van der Waals surface area contributed by atoms with Crippen LogP contribution in [0.1, 0.15) is 24.0 Å². The maximum absolute atomic E-state index is 10.3. The van der Waals surface area contributed by atoms with Crippen LogP contribution in [0, 0.1) is 0 Å². The second-order valence-electron chi connectivity index (χ2n) is 10.0. The second-order valence-corrected chi connectivity index (χ2v) is 10.0. The molecule has 0 unspecified atom stereocenters. The van der Waals surface area contributed by atoms with Gasteiger partial charge in [0.1, 0.15) is 24.4 Å². The Morgan fingerprint density at radius 1 is 0.528 bits per heavy atom. The number of nitrogens with two attached hydrogens (primary N) is 4. The van der Waals surface area contributed by atoms with Gasteiger partial charge in [-0.3, -0.25) is 0 Å². The Balaban J connectivity index is 1.30. The highest BCUT2D eigenvalue weighted by atomic mass is 16.5. The zero-order chi connectivity index (χ0) is 26.0. The Kier molecular flexibility index (Phi) is 8.74. The summed E-state index contributed by atoms with van der Waals surface area (Å²) >= 11 is 0. The predicted octanol–water partition coefficient (Wildman–Crippen LogP) is -1.32. The number of ether oxygens (including phenoxy) is 2. The number of aliphatic hydroxyl groups excluding tert-OH is 4. The third-order valence-electron chi connectivity index (χ3n) is 7.31. The summed E-state index contributed by atoms with van der Waals surface area (Å²) in [6.07, 6.45) is -4.95. The maximum atomic E-state index is 10.3. The van der Waals surface area contributed by atoms with E-state index in [2.05, 4.69) is 0 Å². The minimum atomic E-state index is -1.12. The van der Waals surface area contributed by atoms with Crippen molar-refractivity contribution in [3.63, 3.8) is 0 Å². The van der Waals surface area contributed by atoms with Gasteiger partial charge in [-0.2, -0.15) is 0 Å². The van der Waals surface area contributed by atoms with Crippen LogP contribution in [0.15, 0.2) is 48.5 Å². The molecule has 10 atom stereocenters. The van der Waals surface area contributed by atoms with Gasteiger partial charge in [-0.05, 0) is 35.1 Å². The molecule has 2 aromatic carbocycles. The molecule has 36 heavy (non-hydrogen) atoms. The summed E-state index contributed by atoms with van der Waals surface area (Å²) in [5, 5.41) is 40.5. The van der Waals surface area contributed by atoms with Crippen molar-refractivity contribution >= 4 is 0 Å². The van der Waals surface area contributed by atoms with Crippen LogP contribution < -0.4 is 22.9 Å². The maximum Gasteiger partial charge on any atom is 0.109 e. The normalized spacial score (nSPS) is 37.1. The van der Waals surface area contributed by atoms with E-state index in [1.54, 1.807) is 0 Å². The van der Waals surface area contributed by atoms with Crippen LogP contribution in [0.2, 0.25) is 0 Å². The van der Waals surface area contributed by atoms with E-state index in [9.17, 15) is 20.4 Å². The van der Waals surface area contributed by atoms with Crippen molar-refractivity contribution in [2.75, 3.05) is 0 Å². The van der Waals surface area contributed by atoms with Gasteiger partial charge in [-0.25, -0.2) is 0 Å². The van der Waals surface area contributed by atoms with Crippen molar-refractivity contribution < 1.29 is 29.9 Å². The van der Waals surface area contributed by atoms with Crippen LogP contribution in [0.4, 0.5) is 0 Å². The lowest BCUT2D eigenvalue weighted by Crippen LogP contribution is -2.61. The van der Waals surface area contributed by atoms with Crippen LogP contribution in [0.25, 0.3) is 11.1 Å². The largest absolute Gasteiger partial charge is 0.389 e. The van der Waals surface area contributed by atoms with Crippen molar-refractivity contribution in [2.24, 2.45) is 22.9 Å². The molecule has 2 aliphatic carbocycles. The molecular formula is C26H38N4O6. The molecule has 198 valence electrons. The molecule has 10 heteroatoms. The molecule has 0 bridgehead atoms. The first-order chi connectivity index (χ1) is 17.2. The first kappa shape index (κ1) is 27.1. The molecule has 2 aromatic rings. The average molecular weight is 503 g/mol. The summed E-state index contributed by atoms with van der Waals surface area (Å²) in [7, 11) is 0. The fourth-order valence-electron chi connectivity index (χ4n) is 4.99. The lowest BCUT2D eigenvalue weighted by Gasteiger charge is -2.39. The zero-order valence-electron chi connectivity index (χ0n) is 20.1. The van der Waals surface area contributed by atoms with Crippen LogP contribution in [-0.2, 0) is 22.7 Å². The molecule has 0 radical (unpaired) electrons. The molecule has 0 aliphatic heterocycles. The van der Waals surface area contributed by atoms with Crippen LogP contribution in [0.5, 0.6) is 0 Å². The van der Waals surface area contributed by atoms with Gasteiger partial charge in [0.15, 0.2) is 0 Å². The Bertz CT molecular complexity index is 898. The lowest BCUT2D eigenvalue weighted by molar-refractivity contribution is -0.131. The number of aliphatic hydroxyl groups is 4. The highest BCUT2D eigenvalue weighted by molar-refractivity contribution is 5.63. The van der Waals surface area contributed by atoms with Crippen molar-refractivity contribution in [2.45, 2.75) is 86.8 Å². The third kappa shape index (κ3) is 5.95. The molecule has 0 saturated heterocycles. The van der Waals surface area contributed by atoms with E-state index in [1.807, 2.05) is 48.5 Å². The lowest BCUT2D eigenvalue weighted by atomic mass is 9.85. The molecular weight excluding hydrogens is 464 g/mol. The van der Waals surface area contributed by atoms with Crippen molar-refractivity contribution in [3.8, 4) is 11.1 Å². The summed E-state index contributed by atoms with van der Waals surface area (Å²) in [5.74, 6) is 0. The average Bonchev–Trinajstić information content (AvgIpc) is 2.86. The van der Waals surface area contributed by atoms with E-state index in [-0.39, 0.29) is 13.2 Å². The summed E-state index contributed by atoms with van der Waals surface area (Å²) in [5.41, 5.74) is 27.6. The van der Waals surface area contributed by atoms with E-state index in [1.165, 1.54) is 0 Å². The fraction of sp³-hybridized carbons (Fsp3) is 0.538. The fourth-order valence-corrected chi connectivity index (χ4v) is 4.99. The summed E-state index contributed by atoms with van der Waals surface area (Å²) in [6.45, 7) is 0.505. The van der Waals surface area contributed by atoms with Crippen LogP contribution >= 0.6 is 0 Å². The highest BCUT2D eigenvalue weighted by Gasteiger charge is 2.42. The first-order valence-corrected chi connectivity index (χ1v) is 12.3. The molecule has 12 N–H and O–H groups in total. The van der Waals surface area contributed by atoms with Crippen molar-refractivity contribution in [3.05, 3.63) is 59.7 Å². The molecule has 4 rings (SSSR count). The number of benzene rings is 2. The van der Waals surface area contributed by atoms with Crippen LogP contribution in [0.3, 0.4) is 0 Å². The summed E-state index contributed by atoms with van der Waals surface area (Å²) in [6, 6.07) is 13.7. The van der Waals surface area contributed by atoms with Gasteiger partial charge >= 0.3 is 0 Å². The summed E-state index contributed by atoms with van der Waals surface area (Å²) < 4.78 is 11.6. The minimum Gasteiger partial charge on any atom is -0.389 e. The standard InChI is InChI=1S/C26H38N4O6/c27-17-9-19(29)25(23(33)21(17)31)35-11-13-1-5-15(6-2-13)16-7-3-14(4-8-16)12-36-26-20(30)10-18(28)22(32)24(26)34/h1-8,17-26,31-34H,9-12,27-30H2/t17-,18-,19+,20+,21+,22+,23-,24-,25-,26-/m1/s1. The number of hydrogen-bond acceptors (Lipinski definition) is 10. The summed E-state index contributed by atoms with van der Waals surface area (Å²) in [4.78, 5) is 0. The highest BCUT2D eigenvalue weighted by Crippen LogP contribution is 2.25. The molecule has 2 saturated carbocycles. The van der Waals surface area contributed by atoms with Gasteiger partial charge < -0.3 is 52.8 Å². The first-order valence-electron chi connectivity index (χ1n) is 12.3. The Morgan fingerprint density at radius 3 is 1.19 bits per heavy atom. The monoisotopic (exact) mass is 502 g/mol. The van der Waals surface area contributed by atoms with E-state index in [0.717, 1.165) is 22.3 Å². The van der Waals surface area contributed by atoms with Gasteiger partial charge in [0, 0.05) is 24.2 Å². The molecule has 0 spiro atoms. The van der Waals surface area contributed by atoms with Gasteiger partial charge in [0.2, 0.25) is 0 Å².